The van der Waals surface area contributed by atoms with Gasteiger partial charge in [-0.2, -0.15) is 5.26 Å². The lowest BCUT2D eigenvalue weighted by Crippen LogP contribution is -2.54. The molecule has 1 unspecified atom stereocenters. The number of anilines is 1. The van der Waals surface area contributed by atoms with Crippen molar-refractivity contribution in [3.8, 4) is 6.07 Å². The van der Waals surface area contributed by atoms with Crippen LogP contribution < -0.4 is 10.6 Å². The van der Waals surface area contributed by atoms with E-state index in [2.05, 4.69) is 16.7 Å². The van der Waals surface area contributed by atoms with Crippen LogP contribution in [-0.2, 0) is 0 Å². The average Bonchev–Trinajstić information content (AvgIpc) is 2.79. The molecule has 7 nitrogen and oxygen atoms in total. The van der Waals surface area contributed by atoms with Crippen molar-refractivity contribution in [3.05, 3.63) is 76.7 Å². The molecule has 33 heavy (non-hydrogen) atoms. The Morgan fingerprint density at radius 3 is 2.73 bits per heavy atom. The van der Waals surface area contributed by atoms with Gasteiger partial charge < -0.3 is 26.0 Å². The Bertz CT molecular complexity index is 1110. The number of fused-ring (bicyclic) bond motifs is 1. The molecule has 1 aliphatic rings. The predicted octanol–water partition coefficient (Wildman–Crippen LogP) is 3.44. The van der Waals surface area contributed by atoms with Crippen molar-refractivity contribution in [2.45, 2.75) is 32.0 Å². The molecule has 3 atom stereocenters. The predicted molar refractivity (Wildman–Crippen MR) is 126 cm³/mol. The smallest absolute Gasteiger partial charge is 0.254 e. The zero-order valence-corrected chi connectivity index (χ0v) is 18.8. The third kappa shape index (κ3) is 5.04. The Hall–Kier alpha value is -3.70. The summed E-state index contributed by atoms with van der Waals surface area (Å²) < 4.78 is 14.3. The van der Waals surface area contributed by atoms with Crippen LogP contribution >= 0.6 is 0 Å². The summed E-state index contributed by atoms with van der Waals surface area (Å²) in [5.41, 5.74) is 2.09. The quantitative estimate of drug-likeness (QED) is 0.364. The molecule has 3 rings (SSSR count). The molecule has 0 spiro atoms. The summed E-state index contributed by atoms with van der Waals surface area (Å²) in [6.45, 7) is 4.35. The summed E-state index contributed by atoms with van der Waals surface area (Å²) in [6, 6.07) is 11.9. The Morgan fingerprint density at radius 2 is 2.09 bits per heavy atom. The van der Waals surface area contributed by atoms with Crippen LogP contribution in [0.25, 0.3) is 0 Å². The first-order valence-corrected chi connectivity index (χ1v) is 10.7. The van der Waals surface area contributed by atoms with Crippen LogP contribution in [-0.4, -0.2) is 48.0 Å². The summed E-state index contributed by atoms with van der Waals surface area (Å²) in [7, 11) is 1.69. The first-order valence-electron chi connectivity index (χ1n) is 10.7. The number of benzene rings is 2. The van der Waals surface area contributed by atoms with Crippen molar-refractivity contribution in [2.75, 3.05) is 18.9 Å². The number of nitriles is 1. The van der Waals surface area contributed by atoms with E-state index >= 15 is 0 Å². The molecule has 2 aromatic carbocycles. The molecule has 0 aliphatic carbocycles. The number of halogens is 1. The van der Waals surface area contributed by atoms with Crippen LogP contribution in [0.3, 0.4) is 0 Å². The number of nitrogens with zero attached hydrogens (tertiary/aromatic N) is 2. The van der Waals surface area contributed by atoms with E-state index in [1.165, 1.54) is 18.2 Å². The maximum Gasteiger partial charge on any atom is 0.254 e. The topological polar surface area (TPSA) is 112 Å². The van der Waals surface area contributed by atoms with Gasteiger partial charge in [-0.25, -0.2) is 4.39 Å². The molecular formula is C25H28FN5O2. The monoisotopic (exact) mass is 449 g/mol. The number of hydrogen-bond acceptors (Lipinski definition) is 6. The van der Waals surface area contributed by atoms with Crippen molar-refractivity contribution in [1.29, 1.82) is 10.7 Å². The van der Waals surface area contributed by atoms with Crippen LogP contribution in [0.1, 0.15) is 41.3 Å². The highest BCUT2D eigenvalue weighted by atomic mass is 19.1. The highest BCUT2D eigenvalue weighted by molar-refractivity contribution is 5.99. The van der Waals surface area contributed by atoms with Gasteiger partial charge in [0.05, 0.1) is 23.6 Å². The van der Waals surface area contributed by atoms with E-state index in [1.807, 2.05) is 13.8 Å². The molecule has 0 fully saturated rings. The van der Waals surface area contributed by atoms with E-state index in [0.717, 1.165) is 6.21 Å². The Labute approximate surface area is 193 Å². The van der Waals surface area contributed by atoms with Gasteiger partial charge in [0.25, 0.3) is 5.91 Å². The van der Waals surface area contributed by atoms with Crippen LogP contribution in [0, 0.1) is 28.5 Å². The molecule has 1 aliphatic heterocycles. The van der Waals surface area contributed by atoms with Gasteiger partial charge in [0.1, 0.15) is 12.0 Å². The van der Waals surface area contributed by atoms with Crippen molar-refractivity contribution in [2.24, 2.45) is 5.92 Å². The molecule has 1 amide bonds. The molecular weight excluding hydrogens is 421 g/mol. The van der Waals surface area contributed by atoms with Gasteiger partial charge in [-0.05, 0) is 47.9 Å². The van der Waals surface area contributed by atoms with E-state index < -0.39 is 24.0 Å². The Balaban J connectivity index is 2.17. The van der Waals surface area contributed by atoms with Gasteiger partial charge in [0.15, 0.2) is 0 Å². The molecule has 2 aromatic rings. The number of rotatable bonds is 8. The molecule has 172 valence electrons. The number of amides is 1. The van der Waals surface area contributed by atoms with Crippen molar-refractivity contribution >= 4 is 17.8 Å². The highest BCUT2D eigenvalue weighted by Crippen LogP contribution is 2.39. The second-order valence-corrected chi connectivity index (χ2v) is 8.41. The minimum absolute atomic E-state index is 0.123. The van der Waals surface area contributed by atoms with Gasteiger partial charge in [0, 0.05) is 42.8 Å². The normalized spacial score (nSPS) is 19.0. The zero-order chi connectivity index (χ0) is 24.1. The number of nitrogens with one attached hydrogen (secondary N) is 3. The third-order valence-electron chi connectivity index (χ3n) is 5.57. The number of carbonyl (C=O) groups excluding carboxylic acids is 1. The molecule has 1 heterocycles. The van der Waals surface area contributed by atoms with E-state index in [-0.39, 0.29) is 11.8 Å². The van der Waals surface area contributed by atoms with Crippen molar-refractivity contribution in [1.82, 2.24) is 10.2 Å². The number of aliphatic hydroxyl groups excluding tert-OH is 1. The van der Waals surface area contributed by atoms with Crippen molar-refractivity contribution < 1.29 is 14.3 Å². The largest absolute Gasteiger partial charge is 0.394 e. The van der Waals surface area contributed by atoms with Gasteiger partial charge in [0.2, 0.25) is 0 Å². The maximum atomic E-state index is 14.3. The van der Waals surface area contributed by atoms with Gasteiger partial charge in [-0.1, -0.05) is 19.9 Å². The summed E-state index contributed by atoms with van der Waals surface area (Å²) >= 11 is 0. The minimum Gasteiger partial charge on any atom is -0.394 e. The molecule has 0 aromatic heterocycles. The molecule has 0 saturated carbocycles. The fourth-order valence-corrected chi connectivity index (χ4v) is 4.29. The fraction of sp³-hybridized carbons (Fsp3) is 0.320. The maximum absolute atomic E-state index is 14.3. The van der Waals surface area contributed by atoms with Crippen molar-refractivity contribution in [3.63, 3.8) is 0 Å². The van der Waals surface area contributed by atoms with Crippen LogP contribution in [0.4, 0.5) is 10.1 Å². The number of hydrogen-bond donors (Lipinski definition) is 4. The standard InChI is InChI=1S/C25H28FN5O2/c1-15(2)14-31-23(17(12-28)13-29-3)22(21-10-18(26)7-8-20(21)25(31)33)24(32)30-19-6-4-5-16(9-19)11-27/h4-10,12-13,15,22-24,28-30,32H,14H2,1-3H3/b17-13+,28-12?/t22-,23+,24?/m0/s1. The third-order valence-corrected chi connectivity index (χ3v) is 5.57. The van der Waals surface area contributed by atoms with Crippen LogP contribution in [0.2, 0.25) is 0 Å². The Morgan fingerprint density at radius 1 is 1.33 bits per heavy atom. The average molecular weight is 450 g/mol. The molecule has 0 radical (unpaired) electrons. The molecule has 0 bridgehead atoms. The second kappa shape index (κ2) is 10.3. The van der Waals surface area contributed by atoms with E-state index in [9.17, 15) is 19.6 Å². The van der Waals surface area contributed by atoms with Gasteiger partial charge >= 0.3 is 0 Å². The van der Waals surface area contributed by atoms with Gasteiger partial charge in [-0.3, -0.25) is 4.79 Å². The Kier molecular flexibility index (Phi) is 7.46. The SMILES string of the molecule is CN/C=C(\C=N)[C@@H]1[C@@H](C(O)Nc2cccc(C#N)c2)c2cc(F)ccc2C(=O)N1CC(C)C. The van der Waals surface area contributed by atoms with E-state index in [1.54, 1.807) is 42.4 Å². The van der Waals surface area contributed by atoms with Gasteiger partial charge in [-0.15, -0.1) is 0 Å². The second-order valence-electron chi connectivity index (χ2n) is 8.41. The van der Waals surface area contributed by atoms with Crippen LogP contribution in [0.15, 0.2) is 54.2 Å². The molecule has 0 saturated heterocycles. The first-order chi connectivity index (χ1) is 15.8. The van der Waals surface area contributed by atoms with E-state index in [4.69, 9.17) is 5.41 Å². The summed E-state index contributed by atoms with van der Waals surface area (Å²) in [6.07, 6.45) is 1.51. The van der Waals surface area contributed by atoms with Crippen LogP contribution in [0.5, 0.6) is 0 Å². The lowest BCUT2D eigenvalue weighted by molar-refractivity contribution is 0.0520. The summed E-state index contributed by atoms with van der Waals surface area (Å²) in [4.78, 5) is 15.1. The number of carbonyl (C=O) groups is 1. The highest BCUT2D eigenvalue weighted by Gasteiger charge is 2.45. The summed E-state index contributed by atoms with van der Waals surface area (Å²) in [5.74, 6) is -1.45. The minimum atomic E-state index is -1.24. The lowest BCUT2D eigenvalue weighted by atomic mass is 9.78. The number of aliphatic hydroxyl groups is 1. The lowest BCUT2D eigenvalue weighted by Gasteiger charge is -2.45. The fourth-order valence-electron chi connectivity index (χ4n) is 4.29. The van der Waals surface area contributed by atoms with E-state index in [0.29, 0.717) is 34.5 Å². The first kappa shape index (κ1) is 24.0. The zero-order valence-electron chi connectivity index (χ0n) is 18.8. The molecule has 8 heteroatoms. The summed E-state index contributed by atoms with van der Waals surface area (Å²) in [5, 5.41) is 34.5. The molecule has 4 N–H and O–H groups in total.